The summed E-state index contributed by atoms with van der Waals surface area (Å²) in [5.41, 5.74) is 4.82. The lowest BCUT2D eigenvalue weighted by Crippen LogP contribution is -2.19. The van der Waals surface area contributed by atoms with Gasteiger partial charge in [-0.2, -0.15) is 5.10 Å². The van der Waals surface area contributed by atoms with E-state index in [0.29, 0.717) is 5.56 Å². The van der Waals surface area contributed by atoms with Gasteiger partial charge in [-0.15, -0.1) is 0 Å². The average Bonchev–Trinajstić information content (AvgIpc) is 2.45. The van der Waals surface area contributed by atoms with E-state index in [4.69, 9.17) is 0 Å². The maximum Gasteiger partial charge on any atom is 0.271 e. The van der Waals surface area contributed by atoms with Crippen molar-refractivity contribution in [2.24, 2.45) is 5.10 Å². The van der Waals surface area contributed by atoms with Crippen LogP contribution in [0.5, 0.6) is 0 Å². The summed E-state index contributed by atoms with van der Waals surface area (Å²) in [4.78, 5) is 11.9. The molecule has 0 spiro atoms. The molecule has 0 atom stereocenters. The van der Waals surface area contributed by atoms with Crippen molar-refractivity contribution >= 4 is 43.5 Å². The molecule has 0 bridgehead atoms. The summed E-state index contributed by atoms with van der Waals surface area (Å²) in [6, 6.07) is 14.9. The van der Waals surface area contributed by atoms with Gasteiger partial charge in [0.1, 0.15) is 0 Å². The fraction of sp³-hybridized carbons (Fsp3) is 0.0667. The Bertz CT molecular complexity index is 651. The topological polar surface area (TPSA) is 41.5 Å². The van der Waals surface area contributed by atoms with Gasteiger partial charge in [0.2, 0.25) is 0 Å². The van der Waals surface area contributed by atoms with Gasteiger partial charge in [0, 0.05) is 14.5 Å². The Labute approximate surface area is 134 Å². The summed E-state index contributed by atoms with van der Waals surface area (Å²) in [5.74, 6) is -0.230. The van der Waals surface area contributed by atoms with Crippen molar-refractivity contribution in [2.75, 3.05) is 0 Å². The molecule has 2 rings (SSSR count). The molecule has 0 aliphatic heterocycles. The van der Waals surface area contributed by atoms with E-state index >= 15 is 0 Å². The Balaban J connectivity index is 2.08. The van der Waals surface area contributed by atoms with Crippen LogP contribution in [0.15, 0.2) is 62.6 Å². The Morgan fingerprint density at radius 2 is 1.70 bits per heavy atom. The molecular formula is C15H12Br2N2O. The summed E-state index contributed by atoms with van der Waals surface area (Å²) in [6.45, 7) is 1.85. The van der Waals surface area contributed by atoms with Crippen LogP contribution in [-0.2, 0) is 0 Å². The fourth-order valence-corrected chi connectivity index (χ4v) is 2.24. The molecule has 0 aliphatic carbocycles. The second-order valence-corrected chi connectivity index (χ2v) is 5.99. The number of carbonyl (C=O) groups is 1. The Morgan fingerprint density at radius 1 is 1.00 bits per heavy atom. The molecule has 2 aromatic rings. The number of hydrogen-bond acceptors (Lipinski definition) is 2. The van der Waals surface area contributed by atoms with E-state index in [9.17, 15) is 4.79 Å². The van der Waals surface area contributed by atoms with Crippen LogP contribution < -0.4 is 5.43 Å². The molecular weight excluding hydrogens is 384 g/mol. The van der Waals surface area contributed by atoms with Crippen molar-refractivity contribution in [3.8, 4) is 0 Å². The van der Waals surface area contributed by atoms with Crippen molar-refractivity contribution in [3.05, 3.63) is 68.6 Å². The van der Waals surface area contributed by atoms with Gasteiger partial charge in [-0.1, -0.05) is 44.0 Å². The zero-order chi connectivity index (χ0) is 14.5. The quantitative estimate of drug-likeness (QED) is 0.608. The van der Waals surface area contributed by atoms with Crippen LogP contribution in [0.3, 0.4) is 0 Å². The van der Waals surface area contributed by atoms with Crippen LogP contribution >= 0.6 is 31.9 Å². The number of rotatable bonds is 3. The lowest BCUT2D eigenvalue weighted by Gasteiger charge is -2.03. The summed E-state index contributed by atoms with van der Waals surface area (Å²) in [5, 5.41) is 4.12. The lowest BCUT2D eigenvalue weighted by atomic mass is 10.1. The van der Waals surface area contributed by atoms with Crippen molar-refractivity contribution in [1.82, 2.24) is 5.43 Å². The average molecular weight is 396 g/mol. The number of benzene rings is 2. The Kier molecular flexibility index (Phi) is 5.09. The van der Waals surface area contributed by atoms with Crippen molar-refractivity contribution in [3.63, 3.8) is 0 Å². The van der Waals surface area contributed by atoms with Gasteiger partial charge in [0.05, 0.1) is 5.71 Å². The minimum atomic E-state index is -0.230. The third kappa shape index (κ3) is 4.02. The molecule has 1 amide bonds. The highest BCUT2D eigenvalue weighted by molar-refractivity contribution is 9.10. The zero-order valence-corrected chi connectivity index (χ0v) is 13.9. The summed E-state index contributed by atoms with van der Waals surface area (Å²) in [6.07, 6.45) is 0. The lowest BCUT2D eigenvalue weighted by molar-refractivity contribution is 0.0955. The van der Waals surface area contributed by atoms with Gasteiger partial charge in [-0.25, -0.2) is 5.43 Å². The molecule has 102 valence electrons. The van der Waals surface area contributed by atoms with Crippen LogP contribution in [-0.4, -0.2) is 11.6 Å². The second-order valence-electron chi connectivity index (χ2n) is 4.16. The molecule has 0 unspecified atom stereocenters. The van der Waals surface area contributed by atoms with E-state index in [1.807, 2.05) is 43.3 Å². The summed E-state index contributed by atoms with van der Waals surface area (Å²) in [7, 11) is 0. The summed E-state index contributed by atoms with van der Waals surface area (Å²) >= 11 is 6.74. The van der Waals surface area contributed by atoms with Gasteiger partial charge < -0.3 is 0 Å². The molecule has 0 fully saturated rings. The molecule has 0 saturated carbocycles. The van der Waals surface area contributed by atoms with Crippen molar-refractivity contribution < 1.29 is 4.79 Å². The number of amides is 1. The third-order valence-electron chi connectivity index (χ3n) is 2.67. The third-order valence-corrected chi connectivity index (χ3v) is 3.70. The second kappa shape index (κ2) is 6.81. The zero-order valence-electron chi connectivity index (χ0n) is 10.7. The van der Waals surface area contributed by atoms with Crippen LogP contribution in [0.25, 0.3) is 0 Å². The molecule has 20 heavy (non-hydrogen) atoms. The smallest absolute Gasteiger partial charge is 0.267 e. The number of carbonyl (C=O) groups excluding carboxylic acids is 1. The monoisotopic (exact) mass is 394 g/mol. The largest absolute Gasteiger partial charge is 0.271 e. The van der Waals surface area contributed by atoms with E-state index in [2.05, 4.69) is 42.4 Å². The minimum Gasteiger partial charge on any atom is -0.267 e. The number of nitrogens with one attached hydrogen (secondary N) is 1. The first-order valence-corrected chi connectivity index (χ1v) is 7.51. The molecule has 0 radical (unpaired) electrons. The molecule has 0 aliphatic rings. The highest BCUT2D eigenvalue weighted by atomic mass is 79.9. The van der Waals surface area contributed by atoms with E-state index in [1.54, 1.807) is 12.1 Å². The van der Waals surface area contributed by atoms with Gasteiger partial charge >= 0.3 is 0 Å². The van der Waals surface area contributed by atoms with E-state index in [0.717, 1.165) is 20.2 Å². The van der Waals surface area contributed by atoms with Crippen LogP contribution in [0.1, 0.15) is 22.8 Å². The maximum absolute atomic E-state index is 11.9. The van der Waals surface area contributed by atoms with Crippen LogP contribution in [0.4, 0.5) is 0 Å². The van der Waals surface area contributed by atoms with Gasteiger partial charge in [0.15, 0.2) is 0 Å². The standard InChI is InChI=1S/C15H12Br2N2O/c1-10(12-3-2-4-14(17)9-12)18-19-15(20)11-5-7-13(16)8-6-11/h2-9H,1H3,(H,19,20). The molecule has 3 nitrogen and oxygen atoms in total. The number of hydrogen-bond donors (Lipinski definition) is 1. The first-order chi connectivity index (χ1) is 9.56. The van der Waals surface area contributed by atoms with Crippen LogP contribution in [0, 0.1) is 0 Å². The molecule has 0 saturated heterocycles. The van der Waals surface area contributed by atoms with Gasteiger partial charge in [-0.05, 0) is 48.9 Å². The van der Waals surface area contributed by atoms with E-state index in [1.165, 1.54) is 0 Å². The molecule has 1 N–H and O–H groups in total. The first kappa shape index (κ1) is 14.9. The molecule has 5 heteroatoms. The van der Waals surface area contributed by atoms with Crippen LogP contribution in [0.2, 0.25) is 0 Å². The minimum absolute atomic E-state index is 0.230. The normalized spacial score (nSPS) is 11.2. The Hall–Kier alpha value is -1.46. The predicted octanol–water partition coefficient (Wildman–Crippen LogP) is 4.37. The number of halogens is 2. The Morgan fingerprint density at radius 3 is 2.35 bits per heavy atom. The maximum atomic E-state index is 11.9. The van der Waals surface area contributed by atoms with Gasteiger partial charge in [0.25, 0.3) is 5.91 Å². The number of hydrazone groups is 1. The first-order valence-electron chi connectivity index (χ1n) is 5.92. The fourth-order valence-electron chi connectivity index (χ4n) is 1.58. The molecule has 0 heterocycles. The SMILES string of the molecule is CC(=NNC(=O)c1ccc(Br)cc1)c1cccc(Br)c1. The van der Waals surface area contributed by atoms with E-state index in [-0.39, 0.29) is 5.91 Å². The number of nitrogens with zero attached hydrogens (tertiary/aromatic N) is 1. The van der Waals surface area contributed by atoms with Gasteiger partial charge in [-0.3, -0.25) is 4.79 Å². The van der Waals surface area contributed by atoms with Crippen molar-refractivity contribution in [1.29, 1.82) is 0 Å². The van der Waals surface area contributed by atoms with E-state index < -0.39 is 0 Å². The molecule has 2 aromatic carbocycles. The predicted molar refractivity (Wildman–Crippen MR) is 88.0 cm³/mol. The highest BCUT2D eigenvalue weighted by Crippen LogP contribution is 2.13. The summed E-state index contributed by atoms with van der Waals surface area (Å²) < 4.78 is 1.91. The molecule has 0 aromatic heterocycles. The highest BCUT2D eigenvalue weighted by Gasteiger charge is 2.04. The van der Waals surface area contributed by atoms with Crippen molar-refractivity contribution in [2.45, 2.75) is 6.92 Å².